The van der Waals surface area contributed by atoms with Crippen LogP contribution in [-0.2, 0) is 11.3 Å². The molecule has 0 bridgehead atoms. The van der Waals surface area contributed by atoms with E-state index in [1.165, 1.54) is 0 Å². The van der Waals surface area contributed by atoms with Crippen molar-refractivity contribution in [3.63, 3.8) is 0 Å². The van der Waals surface area contributed by atoms with Crippen molar-refractivity contribution in [2.45, 2.75) is 6.54 Å². The Labute approximate surface area is 141 Å². The molecule has 0 radical (unpaired) electrons. The van der Waals surface area contributed by atoms with E-state index < -0.39 is 0 Å². The molecule has 2 rings (SSSR count). The van der Waals surface area contributed by atoms with Gasteiger partial charge >= 0.3 is 6.03 Å². The van der Waals surface area contributed by atoms with Crippen LogP contribution in [0.25, 0.3) is 0 Å². The van der Waals surface area contributed by atoms with Gasteiger partial charge in [-0.1, -0.05) is 24.3 Å². The smallest absolute Gasteiger partial charge is 0.319 e. The van der Waals surface area contributed by atoms with Crippen molar-refractivity contribution in [2.24, 2.45) is 0 Å². The number of methoxy groups -OCH3 is 2. The minimum Gasteiger partial charge on any atom is -0.496 e. The van der Waals surface area contributed by atoms with Crippen LogP contribution >= 0.6 is 0 Å². The summed E-state index contributed by atoms with van der Waals surface area (Å²) in [6.07, 6.45) is 0. The lowest BCUT2D eigenvalue weighted by molar-refractivity contribution is 0.146. The van der Waals surface area contributed by atoms with Gasteiger partial charge in [0.15, 0.2) is 0 Å². The van der Waals surface area contributed by atoms with Gasteiger partial charge in [-0.15, -0.1) is 0 Å². The summed E-state index contributed by atoms with van der Waals surface area (Å²) in [5.41, 5.74) is 1.56. The van der Waals surface area contributed by atoms with Crippen molar-refractivity contribution < 1.29 is 19.0 Å². The van der Waals surface area contributed by atoms with Crippen molar-refractivity contribution >= 4 is 11.7 Å². The van der Waals surface area contributed by atoms with Crippen LogP contribution in [0.15, 0.2) is 48.5 Å². The summed E-state index contributed by atoms with van der Waals surface area (Å²) >= 11 is 0. The van der Waals surface area contributed by atoms with E-state index in [4.69, 9.17) is 14.2 Å². The average molecular weight is 330 g/mol. The molecule has 0 aliphatic carbocycles. The molecular formula is C18H22N2O4. The molecule has 2 aromatic carbocycles. The largest absolute Gasteiger partial charge is 0.496 e. The zero-order chi connectivity index (χ0) is 17.2. The van der Waals surface area contributed by atoms with E-state index >= 15 is 0 Å². The fourth-order valence-electron chi connectivity index (χ4n) is 2.11. The van der Waals surface area contributed by atoms with Gasteiger partial charge in [-0.25, -0.2) is 4.79 Å². The Morgan fingerprint density at radius 3 is 2.67 bits per heavy atom. The Kier molecular flexibility index (Phi) is 6.91. The lowest BCUT2D eigenvalue weighted by atomic mass is 10.2. The first-order valence-corrected chi connectivity index (χ1v) is 7.61. The van der Waals surface area contributed by atoms with Gasteiger partial charge in [0.05, 0.1) is 13.7 Å². The van der Waals surface area contributed by atoms with Crippen LogP contribution in [0.1, 0.15) is 5.56 Å². The summed E-state index contributed by atoms with van der Waals surface area (Å²) in [5, 5.41) is 5.58. The number of carbonyl (C=O) groups is 1. The molecule has 128 valence electrons. The number of benzene rings is 2. The van der Waals surface area contributed by atoms with E-state index in [0.29, 0.717) is 31.2 Å². The molecule has 0 heterocycles. The van der Waals surface area contributed by atoms with Gasteiger partial charge in [-0.05, 0) is 18.2 Å². The Morgan fingerprint density at radius 2 is 1.88 bits per heavy atom. The Morgan fingerprint density at radius 1 is 1.04 bits per heavy atom. The molecule has 0 fully saturated rings. The first kappa shape index (κ1) is 17.6. The minimum atomic E-state index is -0.296. The van der Waals surface area contributed by atoms with E-state index in [0.717, 1.165) is 11.3 Å². The minimum absolute atomic E-state index is 0.296. The van der Waals surface area contributed by atoms with Gasteiger partial charge in [-0.3, -0.25) is 0 Å². The number of amides is 2. The number of urea groups is 1. The lowest BCUT2D eigenvalue weighted by Gasteiger charge is -2.11. The Bertz CT molecular complexity index is 661. The van der Waals surface area contributed by atoms with Crippen LogP contribution < -0.4 is 20.1 Å². The summed E-state index contributed by atoms with van der Waals surface area (Å²) in [4.78, 5) is 12.0. The van der Waals surface area contributed by atoms with Crippen molar-refractivity contribution in [2.75, 3.05) is 32.8 Å². The molecule has 0 saturated heterocycles. The second kappa shape index (κ2) is 9.42. The zero-order valence-corrected chi connectivity index (χ0v) is 13.9. The molecule has 0 aliphatic rings. The maximum absolute atomic E-state index is 12.0. The highest BCUT2D eigenvalue weighted by Crippen LogP contribution is 2.18. The molecule has 2 amide bonds. The van der Waals surface area contributed by atoms with Crippen LogP contribution in [0.2, 0.25) is 0 Å². The number of nitrogens with one attached hydrogen (secondary N) is 2. The second-order valence-electron chi connectivity index (χ2n) is 4.99. The number of rotatable bonds is 8. The molecule has 0 atom stereocenters. The van der Waals surface area contributed by atoms with E-state index in [1.807, 2.05) is 36.4 Å². The number of anilines is 1. The third-order valence-corrected chi connectivity index (χ3v) is 3.28. The Balaban J connectivity index is 1.87. The molecule has 2 aromatic rings. The van der Waals surface area contributed by atoms with E-state index in [-0.39, 0.29) is 6.03 Å². The van der Waals surface area contributed by atoms with Crippen LogP contribution in [0.5, 0.6) is 11.5 Å². The molecule has 2 N–H and O–H groups in total. The first-order chi connectivity index (χ1) is 11.7. The summed E-state index contributed by atoms with van der Waals surface area (Å²) < 4.78 is 15.7. The molecule has 6 heteroatoms. The number of hydrogen-bond donors (Lipinski definition) is 2. The molecule has 0 aromatic heterocycles. The van der Waals surface area contributed by atoms with Gasteiger partial charge in [0.1, 0.15) is 18.1 Å². The van der Waals surface area contributed by atoms with Crippen LogP contribution in [-0.4, -0.2) is 33.5 Å². The van der Waals surface area contributed by atoms with Gasteiger partial charge in [-0.2, -0.15) is 0 Å². The zero-order valence-electron chi connectivity index (χ0n) is 13.9. The normalized spacial score (nSPS) is 10.1. The highest BCUT2D eigenvalue weighted by atomic mass is 16.5. The van der Waals surface area contributed by atoms with Crippen LogP contribution in [0, 0.1) is 0 Å². The highest BCUT2D eigenvalue weighted by Gasteiger charge is 2.06. The molecule has 0 aliphatic heterocycles. The maximum Gasteiger partial charge on any atom is 0.319 e. The van der Waals surface area contributed by atoms with Crippen molar-refractivity contribution in [3.05, 3.63) is 54.1 Å². The van der Waals surface area contributed by atoms with E-state index in [1.54, 1.807) is 26.4 Å². The Hall–Kier alpha value is -2.73. The third kappa shape index (κ3) is 5.48. The summed E-state index contributed by atoms with van der Waals surface area (Å²) in [5.74, 6) is 1.42. The summed E-state index contributed by atoms with van der Waals surface area (Å²) in [6, 6.07) is 14.5. The molecule has 0 saturated carbocycles. The quantitative estimate of drug-likeness (QED) is 0.730. The maximum atomic E-state index is 12.0. The lowest BCUT2D eigenvalue weighted by Crippen LogP contribution is -2.28. The third-order valence-electron chi connectivity index (χ3n) is 3.28. The topological polar surface area (TPSA) is 68.8 Å². The molecule has 6 nitrogen and oxygen atoms in total. The standard InChI is InChI=1S/C18H22N2O4/c1-22-10-11-24-16-8-5-7-15(12-16)20-18(21)19-13-14-6-3-4-9-17(14)23-2/h3-9,12H,10-11,13H2,1-2H3,(H2,19,20,21). The fraction of sp³-hybridized carbons (Fsp3) is 0.278. The summed E-state index contributed by atoms with van der Waals surface area (Å²) in [6.45, 7) is 1.34. The fourth-order valence-corrected chi connectivity index (χ4v) is 2.11. The number of hydrogen-bond acceptors (Lipinski definition) is 4. The molecular weight excluding hydrogens is 308 g/mol. The number of para-hydroxylation sites is 1. The second-order valence-corrected chi connectivity index (χ2v) is 4.99. The molecule has 0 unspecified atom stereocenters. The monoisotopic (exact) mass is 330 g/mol. The predicted molar refractivity (Wildman–Crippen MR) is 92.7 cm³/mol. The van der Waals surface area contributed by atoms with E-state index in [2.05, 4.69) is 10.6 Å². The highest BCUT2D eigenvalue weighted by molar-refractivity contribution is 5.89. The predicted octanol–water partition coefficient (Wildman–Crippen LogP) is 3.04. The number of ether oxygens (including phenoxy) is 3. The molecule has 0 spiro atoms. The van der Waals surface area contributed by atoms with Crippen molar-refractivity contribution in [1.29, 1.82) is 0 Å². The van der Waals surface area contributed by atoms with Gasteiger partial charge < -0.3 is 24.8 Å². The first-order valence-electron chi connectivity index (χ1n) is 7.61. The van der Waals surface area contributed by atoms with Gasteiger partial charge in [0.25, 0.3) is 0 Å². The van der Waals surface area contributed by atoms with E-state index in [9.17, 15) is 4.79 Å². The van der Waals surface area contributed by atoms with Gasteiger partial charge in [0, 0.05) is 31.0 Å². The average Bonchev–Trinajstić information content (AvgIpc) is 2.61. The molecule has 24 heavy (non-hydrogen) atoms. The van der Waals surface area contributed by atoms with Gasteiger partial charge in [0.2, 0.25) is 0 Å². The summed E-state index contributed by atoms with van der Waals surface area (Å²) in [7, 11) is 3.22. The van der Waals surface area contributed by atoms with Crippen LogP contribution in [0.4, 0.5) is 10.5 Å². The number of carbonyl (C=O) groups excluding carboxylic acids is 1. The SMILES string of the molecule is COCCOc1cccc(NC(=O)NCc2ccccc2OC)c1. The van der Waals surface area contributed by atoms with Crippen molar-refractivity contribution in [3.8, 4) is 11.5 Å². The van der Waals surface area contributed by atoms with Crippen molar-refractivity contribution in [1.82, 2.24) is 5.32 Å². The van der Waals surface area contributed by atoms with Crippen LogP contribution in [0.3, 0.4) is 0 Å².